The number of carbonyl (C=O) groups excluding carboxylic acids is 1. The molecule has 1 aliphatic rings. The highest BCUT2D eigenvalue weighted by Gasteiger charge is 2.43. The smallest absolute Gasteiger partial charge is 0.268 e. The Balaban J connectivity index is 2.12. The minimum absolute atomic E-state index is 0.0299. The Labute approximate surface area is 88.9 Å². The van der Waals surface area contributed by atoms with Crippen molar-refractivity contribution in [2.45, 2.75) is 25.3 Å². The van der Waals surface area contributed by atoms with Crippen molar-refractivity contribution in [3.8, 4) is 0 Å². The minimum atomic E-state index is -0.338. The maximum atomic E-state index is 11.9. The zero-order valence-corrected chi connectivity index (χ0v) is 9.08. The molecular weight excluding hydrogens is 192 g/mol. The number of hydrogen-bond donors (Lipinski definition) is 2. The summed E-state index contributed by atoms with van der Waals surface area (Å²) >= 11 is 0. The van der Waals surface area contributed by atoms with E-state index < -0.39 is 0 Å². The van der Waals surface area contributed by atoms with Gasteiger partial charge in [0.05, 0.1) is 12.1 Å². The van der Waals surface area contributed by atoms with Crippen molar-refractivity contribution in [3.63, 3.8) is 0 Å². The van der Waals surface area contributed by atoms with Crippen LogP contribution in [0.1, 0.15) is 29.0 Å². The van der Waals surface area contributed by atoms with Crippen LogP contribution in [0.5, 0.6) is 0 Å². The van der Waals surface area contributed by atoms with Gasteiger partial charge in [0.15, 0.2) is 0 Å². The zero-order valence-electron chi connectivity index (χ0n) is 9.08. The molecule has 0 radical (unpaired) electrons. The van der Waals surface area contributed by atoms with Gasteiger partial charge >= 0.3 is 0 Å². The molecular formula is C11H16N2O2. The third-order valence-corrected chi connectivity index (χ3v) is 3.14. The van der Waals surface area contributed by atoms with Crippen LogP contribution in [0.15, 0.2) is 12.1 Å². The zero-order chi connectivity index (χ0) is 11.1. The second kappa shape index (κ2) is 3.38. The average molecular weight is 208 g/mol. The Kier molecular flexibility index (Phi) is 2.31. The van der Waals surface area contributed by atoms with Crippen molar-refractivity contribution < 1.29 is 9.90 Å². The van der Waals surface area contributed by atoms with Crippen molar-refractivity contribution in [2.75, 3.05) is 6.61 Å². The van der Waals surface area contributed by atoms with E-state index in [0.29, 0.717) is 5.69 Å². The molecule has 15 heavy (non-hydrogen) atoms. The summed E-state index contributed by atoms with van der Waals surface area (Å²) in [6.07, 6.45) is 1.75. The molecule has 0 spiro atoms. The van der Waals surface area contributed by atoms with E-state index >= 15 is 0 Å². The van der Waals surface area contributed by atoms with Gasteiger partial charge in [-0.2, -0.15) is 0 Å². The molecule has 0 bridgehead atoms. The molecule has 4 nitrogen and oxygen atoms in total. The summed E-state index contributed by atoms with van der Waals surface area (Å²) in [6.45, 7) is 1.98. The van der Waals surface area contributed by atoms with E-state index in [1.54, 1.807) is 6.07 Å². The number of rotatable bonds is 3. The molecule has 1 saturated carbocycles. The van der Waals surface area contributed by atoms with Gasteiger partial charge in [-0.25, -0.2) is 0 Å². The predicted molar refractivity (Wildman–Crippen MR) is 56.7 cm³/mol. The highest BCUT2D eigenvalue weighted by molar-refractivity contribution is 5.93. The van der Waals surface area contributed by atoms with Crippen LogP contribution >= 0.6 is 0 Å². The third kappa shape index (κ3) is 1.77. The second-order valence-corrected chi connectivity index (χ2v) is 4.31. The monoisotopic (exact) mass is 208 g/mol. The lowest BCUT2D eigenvalue weighted by molar-refractivity contribution is 0.0898. The number of nitrogens with zero attached hydrogens (tertiary/aromatic N) is 1. The number of aryl methyl sites for hydroxylation is 1. The van der Waals surface area contributed by atoms with Gasteiger partial charge in [0.2, 0.25) is 0 Å². The van der Waals surface area contributed by atoms with Gasteiger partial charge in [0.25, 0.3) is 5.91 Å². The van der Waals surface area contributed by atoms with Crippen molar-refractivity contribution >= 4 is 5.91 Å². The lowest BCUT2D eigenvalue weighted by Gasteiger charge is -2.14. The maximum Gasteiger partial charge on any atom is 0.268 e. The minimum Gasteiger partial charge on any atom is -0.394 e. The van der Waals surface area contributed by atoms with Gasteiger partial charge in [0.1, 0.15) is 5.69 Å². The number of nitrogens with one attached hydrogen (secondary N) is 1. The highest BCUT2D eigenvalue weighted by Crippen LogP contribution is 2.34. The summed E-state index contributed by atoms with van der Waals surface area (Å²) < 4.78 is 1.85. The van der Waals surface area contributed by atoms with Crippen molar-refractivity contribution in [2.24, 2.45) is 7.05 Å². The quantitative estimate of drug-likeness (QED) is 0.763. The molecule has 82 valence electrons. The Bertz CT molecular complexity index is 391. The predicted octanol–water partition coefficient (Wildman–Crippen LogP) is 0.588. The molecule has 1 aromatic heterocycles. The van der Waals surface area contributed by atoms with Crippen LogP contribution in [-0.4, -0.2) is 27.7 Å². The number of amides is 1. The number of aliphatic hydroxyl groups excluding tert-OH is 1. The van der Waals surface area contributed by atoms with Crippen molar-refractivity contribution in [1.29, 1.82) is 0 Å². The molecule has 2 rings (SSSR count). The summed E-state index contributed by atoms with van der Waals surface area (Å²) in [4.78, 5) is 11.9. The molecule has 1 aliphatic carbocycles. The van der Waals surface area contributed by atoms with Crippen LogP contribution in [0.3, 0.4) is 0 Å². The second-order valence-electron chi connectivity index (χ2n) is 4.31. The summed E-state index contributed by atoms with van der Waals surface area (Å²) in [5, 5.41) is 12.0. The van der Waals surface area contributed by atoms with Gasteiger partial charge in [0, 0.05) is 12.7 Å². The Morgan fingerprint density at radius 1 is 1.60 bits per heavy atom. The Hall–Kier alpha value is -1.29. The topological polar surface area (TPSA) is 54.3 Å². The molecule has 1 aromatic rings. The van der Waals surface area contributed by atoms with E-state index in [4.69, 9.17) is 5.11 Å². The van der Waals surface area contributed by atoms with Crippen LogP contribution in [0.4, 0.5) is 0 Å². The fraction of sp³-hybridized carbons (Fsp3) is 0.545. The molecule has 2 N–H and O–H groups in total. The molecule has 0 atom stereocenters. The molecule has 0 aliphatic heterocycles. The summed E-state index contributed by atoms with van der Waals surface area (Å²) in [6, 6.07) is 3.71. The lowest BCUT2D eigenvalue weighted by atomic mass is 10.2. The highest BCUT2D eigenvalue weighted by atomic mass is 16.3. The molecule has 1 amide bonds. The normalized spacial score (nSPS) is 17.5. The molecule has 0 aromatic carbocycles. The van der Waals surface area contributed by atoms with E-state index in [1.165, 1.54) is 0 Å². The van der Waals surface area contributed by atoms with Gasteiger partial charge in [-0.1, -0.05) is 0 Å². The van der Waals surface area contributed by atoms with Crippen LogP contribution in [-0.2, 0) is 7.05 Å². The largest absolute Gasteiger partial charge is 0.394 e. The number of hydrogen-bond acceptors (Lipinski definition) is 2. The van der Waals surface area contributed by atoms with Crippen LogP contribution < -0.4 is 5.32 Å². The van der Waals surface area contributed by atoms with E-state index in [0.717, 1.165) is 18.5 Å². The lowest BCUT2D eigenvalue weighted by Crippen LogP contribution is -2.40. The first-order chi connectivity index (χ1) is 7.08. The van der Waals surface area contributed by atoms with Gasteiger partial charge < -0.3 is 15.0 Å². The number of carbonyl (C=O) groups is 1. The average Bonchev–Trinajstić information content (AvgIpc) is 2.90. The van der Waals surface area contributed by atoms with Gasteiger partial charge in [-0.3, -0.25) is 4.79 Å². The molecule has 1 fully saturated rings. The number of aliphatic hydroxyl groups is 1. The first-order valence-corrected chi connectivity index (χ1v) is 5.14. The molecule has 4 heteroatoms. The fourth-order valence-corrected chi connectivity index (χ4v) is 1.62. The first kappa shape index (κ1) is 10.2. The molecule has 0 saturated heterocycles. The van der Waals surface area contributed by atoms with Gasteiger partial charge in [-0.05, 0) is 31.9 Å². The van der Waals surface area contributed by atoms with Crippen molar-refractivity contribution in [1.82, 2.24) is 9.88 Å². The van der Waals surface area contributed by atoms with Gasteiger partial charge in [-0.15, -0.1) is 0 Å². The van der Waals surface area contributed by atoms with Crippen LogP contribution in [0.2, 0.25) is 0 Å². The van der Waals surface area contributed by atoms with E-state index in [-0.39, 0.29) is 18.1 Å². The SMILES string of the molecule is Cc1ccc(C(=O)NC2(CO)CC2)n1C. The summed E-state index contributed by atoms with van der Waals surface area (Å²) in [5.74, 6) is -0.0999. The number of aromatic nitrogens is 1. The Morgan fingerprint density at radius 2 is 2.27 bits per heavy atom. The van der Waals surface area contributed by atoms with Crippen molar-refractivity contribution in [3.05, 3.63) is 23.5 Å². The first-order valence-electron chi connectivity index (χ1n) is 5.14. The molecule has 0 unspecified atom stereocenters. The van der Waals surface area contributed by atoms with E-state index in [2.05, 4.69) is 5.32 Å². The van der Waals surface area contributed by atoms with E-state index in [1.807, 2.05) is 24.6 Å². The fourth-order valence-electron chi connectivity index (χ4n) is 1.62. The standard InChI is InChI=1S/C11H16N2O2/c1-8-3-4-9(13(8)2)10(15)12-11(7-14)5-6-11/h3-4,14H,5-7H2,1-2H3,(H,12,15). The van der Waals surface area contributed by atoms with E-state index in [9.17, 15) is 4.79 Å². The maximum absolute atomic E-state index is 11.9. The summed E-state index contributed by atoms with van der Waals surface area (Å²) in [7, 11) is 1.86. The Morgan fingerprint density at radius 3 is 2.67 bits per heavy atom. The van der Waals surface area contributed by atoms with Crippen LogP contribution in [0.25, 0.3) is 0 Å². The third-order valence-electron chi connectivity index (χ3n) is 3.14. The van der Waals surface area contributed by atoms with Crippen LogP contribution in [0, 0.1) is 6.92 Å². The summed E-state index contributed by atoms with van der Waals surface area (Å²) in [5.41, 5.74) is 1.36. The molecule has 1 heterocycles.